The fourth-order valence-corrected chi connectivity index (χ4v) is 3.43. The number of benzene rings is 2. The van der Waals surface area contributed by atoms with E-state index in [0.717, 1.165) is 5.56 Å². The molecule has 0 radical (unpaired) electrons. The summed E-state index contributed by atoms with van der Waals surface area (Å²) in [6.07, 6.45) is -0.128. The molecular formula is C23H26N2O5. The number of carbonyl (C=O) groups excluding carboxylic acids is 3. The molecule has 1 aliphatic heterocycles. The second-order valence-electron chi connectivity index (χ2n) is 7.50. The number of ether oxygens (including phenoxy) is 2. The number of nitrogens with one attached hydrogen (secondary N) is 1. The highest BCUT2D eigenvalue weighted by atomic mass is 16.5. The summed E-state index contributed by atoms with van der Waals surface area (Å²) in [4.78, 5) is 39.2. The van der Waals surface area contributed by atoms with Gasteiger partial charge in [0.25, 0.3) is 11.8 Å². The molecule has 7 nitrogen and oxygen atoms in total. The van der Waals surface area contributed by atoms with Gasteiger partial charge >= 0.3 is 5.97 Å². The minimum Gasteiger partial charge on any atom is -0.452 e. The van der Waals surface area contributed by atoms with Crippen molar-refractivity contribution in [3.05, 3.63) is 65.2 Å². The van der Waals surface area contributed by atoms with Crippen molar-refractivity contribution < 1.29 is 23.9 Å². The van der Waals surface area contributed by atoms with Crippen molar-refractivity contribution in [1.82, 2.24) is 4.90 Å². The highest BCUT2D eigenvalue weighted by Crippen LogP contribution is 2.18. The fourth-order valence-electron chi connectivity index (χ4n) is 3.43. The fraction of sp³-hybridized carbons (Fsp3) is 0.348. The van der Waals surface area contributed by atoms with Crippen LogP contribution >= 0.6 is 0 Å². The zero-order valence-electron chi connectivity index (χ0n) is 17.4. The van der Waals surface area contributed by atoms with Gasteiger partial charge < -0.3 is 19.7 Å². The van der Waals surface area contributed by atoms with Crippen molar-refractivity contribution in [3.8, 4) is 0 Å². The summed E-state index contributed by atoms with van der Waals surface area (Å²) in [7, 11) is 0. The van der Waals surface area contributed by atoms with E-state index in [1.165, 1.54) is 0 Å². The number of hydrogen-bond donors (Lipinski definition) is 1. The van der Waals surface area contributed by atoms with Crippen molar-refractivity contribution in [3.63, 3.8) is 0 Å². The van der Waals surface area contributed by atoms with Gasteiger partial charge in [0, 0.05) is 18.7 Å². The SMILES string of the molecule is Cc1cccc(C(=O)Nc2ccccc2C(=O)OCC(=O)N2C[C@@H](C)O[C@@H](C)C2)c1. The van der Waals surface area contributed by atoms with Gasteiger partial charge in [-0.05, 0) is 45.0 Å². The molecule has 2 aromatic carbocycles. The van der Waals surface area contributed by atoms with E-state index in [9.17, 15) is 14.4 Å². The number of anilines is 1. The normalized spacial score (nSPS) is 18.6. The molecule has 1 saturated heterocycles. The minimum atomic E-state index is -0.669. The maximum atomic E-state index is 12.6. The average molecular weight is 410 g/mol. The number of morpholine rings is 1. The topological polar surface area (TPSA) is 84.9 Å². The van der Waals surface area contributed by atoms with Gasteiger partial charge in [0.1, 0.15) is 0 Å². The van der Waals surface area contributed by atoms with Gasteiger partial charge in [-0.3, -0.25) is 9.59 Å². The summed E-state index contributed by atoms with van der Waals surface area (Å²) in [5, 5.41) is 2.75. The first-order chi connectivity index (χ1) is 14.3. The maximum Gasteiger partial charge on any atom is 0.340 e. The average Bonchev–Trinajstić information content (AvgIpc) is 2.71. The van der Waals surface area contributed by atoms with Crippen LogP contribution in [-0.4, -0.2) is 54.6 Å². The first-order valence-corrected chi connectivity index (χ1v) is 9.91. The Hall–Kier alpha value is -3.19. The molecule has 2 amide bonds. The number of rotatable bonds is 5. The molecule has 0 aromatic heterocycles. The summed E-state index contributed by atoms with van der Waals surface area (Å²) in [5.74, 6) is -1.27. The van der Waals surface area contributed by atoms with Crippen LogP contribution in [0.3, 0.4) is 0 Å². The van der Waals surface area contributed by atoms with Crippen LogP contribution in [0.15, 0.2) is 48.5 Å². The second kappa shape index (κ2) is 9.54. The standard InChI is InChI=1S/C23H26N2O5/c1-15-7-6-8-18(11-15)22(27)24-20-10-5-4-9-19(20)23(28)29-14-21(26)25-12-16(2)30-17(3)13-25/h4-11,16-17H,12-14H2,1-3H3,(H,24,27)/t16-,17+. The van der Waals surface area contributed by atoms with Gasteiger partial charge in [0.05, 0.1) is 23.5 Å². The van der Waals surface area contributed by atoms with Crippen molar-refractivity contribution in [1.29, 1.82) is 0 Å². The molecule has 1 N–H and O–H groups in total. The lowest BCUT2D eigenvalue weighted by Gasteiger charge is -2.35. The highest BCUT2D eigenvalue weighted by molar-refractivity contribution is 6.08. The smallest absolute Gasteiger partial charge is 0.340 e. The molecule has 0 bridgehead atoms. The maximum absolute atomic E-state index is 12.6. The second-order valence-corrected chi connectivity index (χ2v) is 7.50. The quantitative estimate of drug-likeness (QED) is 0.766. The lowest BCUT2D eigenvalue weighted by molar-refractivity contribution is -0.146. The van der Waals surface area contributed by atoms with E-state index in [2.05, 4.69) is 5.32 Å². The van der Waals surface area contributed by atoms with Gasteiger partial charge in [-0.25, -0.2) is 4.79 Å². The molecule has 30 heavy (non-hydrogen) atoms. The van der Waals surface area contributed by atoms with Gasteiger partial charge in [-0.15, -0.1) is 0 Å². The lowest BCUT2D eigenvalue weighted by atomic mass is 10.1. The molecular weight excluding hydrogens is 384 g/mol. The number of esters is 1. The molecule has 2 atom stereocenters. The number of para-hydroxylation sites is 1. The largest absolute Gasteiger partial charge is 0.452 e. The van der Waals surface area contributed by atoms with Gasteiger partial charge in [-0.1, -0.05) is 29.8 Å². The molecule has 0 spiro atoms. The molecule has 3 rings (SSSR count). The van der Waals surface area contributed by atoms with Crippen molar-refractivity contribution in [2.45, 2.75) is 33.0 Å². The zero-order valence-corrected chi connectivity index (χ0v) is 17.4. The van der Waals surface area contributed by atoms with E-state index in [0.29, 0.717) is 24.3 Å². The Bertz CT molecular complexity index is 933. The Morgan fingerprint density at radius 3 is 2.47 bits per heavy atom. The molecule has 0 unspecified atom stereocenters. The molecule has 1 fully saturated rings. The van der Waals surface area contributed by atoms with Crippen molar-refractivity contribution in [2.75, 3.05) is 25.0 Å². The number of hydrogen-bond acceptors (Lipinski definition) is 5. The Morgan fingerprint density at radius 2 is 1.77 bits per heavy atom. The van der Waals surface area contributed by atoms with E-state index in [1.807, 2.05) is 26.8 Å². The Morgan fingerprint density at radius 1 is 1.07 bits per heavy atom. The zero-order chi connectivity index (χ0) is 21.7. The third-order valence-corrected chi connectivity index (χ3v) is 4.77. The number of amides is 2. The predicted octanol–water partition coefficient (Wildman–Crippen LogP) is 3.04. The molecule has 7 heteroatoms. The summed E-state index contributed by atoms with van der Waals surface area (Å²) >= 11 is 0. The Kier molecular flexibility index (Phi) is 6.84. The van der Waals surface area contributed by atoms with E-state index in [1.54, 1.807) is 47.4 Å². The monoisotopic (exact) mass is 410 g/mol. The summed E-state index contributed by atoms with van der Waals surface area (Å²) in [6, 6.07) is 13.7. The van der Waals surface area contributed by atoms with Crippen LogP contribution in [0.1, 0.15) is 40.1 Å². The van der Waals surface area contributed by atoms with E-state index in [-0.39, 0.29) is 36.2 Å². The van der Waals surface area contributed by atoms with E-state index in [4.69, 9.17) is 9.47 Å². The van der Waals surface area contributed by atoms with Gasteiger partial charge in [-0.2, -0.15) is 0 Å². The van der Waals surface area contributed by atoms with Crippen molar-refractivity contribution in [2.24, 2.45) is 0 Å². The number of nitrogens with zero attached hydrogens (tertiary/aromatic N) is 1. The predicted molar refractivity (Wildman–Crippen MR) is 112 cm³/mol. The summed E-state index contributed by atoms with van der Waals surface area (Å²) in [6.45, 7) is 6.26. The number of aryl methyl sites for hydroxylation is 1. The molecule has 1 heterocycles. The van der Waals surface area contributed by atoms with Crippen LogP contribution in [-0.2, 0) is 14.3 Å². The molecule has 2 aromatic rings. The van der Waals surface area contributed by atoms with Crippen LogP contribution in [0.2, 0.25) is 0 Å². The summed E-state index contributed by atoms with van der Waals surface area (Å²) < 4.78 is 10.9. The third kappa shape index (κ3) is 5.45. The Labute approximate surface area is 176 Å². The van der Waals surface area contributed by atoms with Crippen molar-refractivity contribution >= 4 is 23.5 Å². The first-order valence-electron chi connectivity index (χ1n) is 9.91. The van der Waals surface area contributed by atoms with Crippen LogP contribution < -0.4 is 5.32 Å². The van der Waals surface area contributed by atoms with E-state index >= 15 is 0 Å². The highest BCUT2D eigenvalue weighted by Gasteiger charge is 2.26. The minimum absolute atomic E-state index is 0.0639. The van der Waals surface area contributed by atoms with Gasteiger partial charge in [0.15, 0.2) is 6.61 Å². The van der Waals surface area contributed by atoms with Crippen LogP contribution in [0.25, 0.3) is 0 Å². The first kappa shape index (κ1) is 21.5. The number of carbonyl (C=O) groups is 3. The summed E-state index contributed by atoms with van der Waals surface area (Å²) in [5.41, 5.74) is 1.97. The van der Waals surface area contributed by atoms with Gasteiger partial charge in [0.2, 0.25) is 0 Å². The van der Waals surface area contributed by atoms with Crippen LogP contribution in [0, 0.1) is 6.92 Å². The molecule has 0 aliphatic carbocycles. The Balaban J connectivity index is 1.64. The third-order valence-electron chi connectivity index (χ3n) is 4.77. The van der Waals surface area contributed by atoms with E-state index < -0.39 is 5.97 Å². The molecule has 1 aliphatic rings. The van der Waals surface area contributed by atoms with Crippen LogP contribution in [0.5, 0.6) is 0 Å². The molecule has 0 saturated carbocycles. The lowest BCUT2D eigenvalue weighted by Crippen LogP contribution is -2.49. The molecule has 158 valence electrons. The van der Waals surface area contributed by atoms with Crippen LogP contribution in [0.4, 0.5) is 5.69 Å².